The highest BCUT2D eigenvalue weighted by Gasteiger charge is 2.22. The maximum absolute atomic E-state index is 12.5. The number of amides is 2. The number of carbonyl (C=O) groups excluding carboxylic acids is 2. The smallest absolute Gasteiger partial charge is 0.254 e. The lowest BCUT2D eigenvalue weighted by atomic mass is 10.1. The third-order valence-electron chi connectivity index (χ3n) is 4.46. The average Bonchev–Trinajstić information content (AvgIpc) is 2.67. The average molecular weight is 374 g/mol. The fraction of sp³-hybridized carbons (Fsp3) is 0.550. The second-order valence-corrected chi connectivity index (χ2v) is 7.16. The van der Waals surface area contributed by atoms with Crippen molar-refractivity contribution in [3.05, 3.63) is 35.4 Å². The van der Waals surface area contributed by atoms with Crippen LogP contribution in [0.3, 0.4) is 0 Å². The Labute approximate surface area is 161 Å². The van der Waals surface area contributed by atoms with E-state index >= 15 is 0 Å². The van der Waals surface area contributed by atoms with Crippen molar-refractivity contribution in [3.63, 3.8) is 0 Å². The lowest BCUT2D eigenvalue weighted by molar-refractivity contribution is -0.123. The van der Waals surface area contributed by atoms with Gasteiger partial charge in [-0.1, -0.05) is 26.0 Å². The first kappa shape index (κ1) is 20.7. The normalized spacial score (nSPS) is 14.9. The summed E-state index contributed by atoms with van der Waals surface area (Å²) in [5.74, 6) is 1.27. The molecule has 1 fully saturated rings. The van der Waals surface area contributed by atoms with Gasteiger partial charge in [-0.2, -0.15) is 0 Å². The Morgan fingerprint density at radius 2 is 2.00 bits per heavy atom. The summed E-state index contributed by atoms with van der Waals surface area (Å²) < 4.78 is 0. The molecular formula is C20H31N5O2. The van der Waals surface area contributed by atoms with E-state index < -0.39 is 0 Å². The molecule has 1 saturated heterocycles. The molecule has 0 saturated carbocycles. The van der Waals surface area contributed by atoms with Gasteiger partial charge in [0.25, 0.3) is 5.91 Å². The summed E-state index contributed by atoms with van der Waals surface area (Å²) in [5.41, 5.74) is 1.66. The van der Waals surface area contributed by atoms with Crippen molar-refractivity contribution in [3.8, 4) is 0 Å². The molecule has 7 nitrogen and oxygen atoms in total. The molecule has 1 heterocycles. The fourth-order valence-corrected chi connectivity index (χ4v) is 2.88. The van der Waals surface area contributed by atoms with Gasteiger partial charge >= 0.3 is 0 Å². The molecule has 1 aromatic carbocycles. The molecule has 0 aromatic heterocycles. The topological polar surface area (TPSA) is 85.8 Å². The molecule has 0 aliphatic carbocycles. The molecule has 148 valence electrons. The van der Waals surface area contributed by atoms with Crippen LogP contribution in [0, 0.1) is 5.92 Å². The zero-order chi connectivity index (χ0) is 19.6. The number of rotatable bonds is 7. The first-order valence-electron chi connectivity index (χ1n) is 9.59. The van der Waals surface area contributed by atoms with Gasteiger partial charge in [0.15, 0.2) is 5.96 Å². The van der Waals surface area contributed by atoms with Crippen LogP contribution in [0.4, 0.5) is 0 Å². The van der Waals surface area contributed by atoms with Gasteiger partial charge in [0.1, 0.15) is 0 Å². The molecule has 0 spiro atoms. The van der Waals surface area contributed by atoms with E-state index in [0.29, 0.717) is 31.1 Å². The van der Waals surface area contributed by atoms with Crippen molar-refractivity contribution >= 4 is 17.8 Å². The molecule has 0 bridgehead atoms. The molecule has 2 amide bonds. The van der Waals surface area contributed by atoms with Crippen LogP contribution in [0.2, 0.25) is 0 Å². The SMILES string of the molecule is CN=C(NCCCC(C)C)NCc1ccc(C(=O)N2CCNC(=O)C2)cc1. The third kappa shape index (κ3) is 6.92. The number of nitrogens with zero attached hydrogens (tertiary/aromatic N) is 2. The van der Waals surface area contributed by atoms with Gasteiger partial charge in [-0.15, -0.1) is 0 Å². The Kier molecular flexibility index (Phi) is 8.10. The number of hydrogen-bond acceptors (Lipinski definition) is 3. The van der Waals surface area contributed by atoms with Gasteiger partial charge in [0, 0.05) is 38.8 Å². The number of nitrogens with one attached hydrogen (secondary N) is 3. The number of piperazine rings is 1. The highest BCUT2D eigenvalue weighted by Crippen LogP contribution is 2.09. The van der Waals surface area contributed by atoms with E-state index in [-0.39, 0.29) is 18.4 Å². The van der Waals surface area contributed by atoms with Crippen LogP contribution in [0.5, 0.6) is 0 Å². The van der Waals surface area contributed by atoms with Crippen molar-refractivity contribution in [1.82, 2.24) is 20.9 Å². The molecule has 0 radical (unpaired) electrons. The van der Waals surface area contributed by atoms with Crippen LogP contribution in [-0.4, -0.2) is 55.9 Å². The molecule has 0 atom stereocenters. The molecule has 1 aliphatic heterocycles. The second-order valence-electron chi connectivity index (χ2n) is 7.16. The Morgan fingerprint density at radius 1 is 1.26 bits per heavy atom. The first-order chi connectivity index (χ1) is 13.0. The van der Waals surface area contributed by atoms with Crippen LogP contribution in [0.15, 0.2) is 29.3 Å². The summed E-state index contributed by atoms with van der Waals surface area (Å²) in [6.45, 7) is 7.16. The predicted molar refractivity (Wildman–Crippen MR) is 108 cm³/mol. The monoisotopic (exact) mass is 373 g/mol. The minimum Gasteiger partial charge on any atom is -0.356 e. The number of aliphatic imine (C=N–C) groups is 1. The van der Waals surface area contributed by atoms with Gasteiger partial charge in [-0.05, 0) is 36.5 Å². The lowest BCUT2D eigenvalue weighted by Crippen LogP contribution is -2.49. The summed E-state index contributed by atoms with van der Waals surface area (Å²) in [7, 11) is 1.76. The minimum absolute atomic E-state index is 0.105. The van der Waals surface area contributed by atoms with Crippen molar-refractivity contribution in [2.45, 2.75) is 33.2 Å². The third-order valence-corrected chi connectivity index (χ3v) is 4.46. The molecule has 7 heteroatoms. The van der Waals surface area contributed by atoms with Gasteiger partial charge in [0.05, 0.1) is 6.54 Å². The molecule has 2 rings (SSSR count). The zero-order valence-electron chi connectivity index (χ0n) is 16.5. The van der Waals surface area contributed by atoms with E-state index in [4.69, 9.17) is 0 Å². The van der Waals surface area contributed by atoms with Crippen LogP contribution in [-0.2, 0) is 11.3 Å². The van der Waals surface area contributed by atoms with Crippen LogP contribution < -0.4 is 16.0 Å². The molecule has 3 N–H and O–H groups in total. The van der Waals surface area contributed by atoms with Crippen molar-refractivity contribution in [2.75, 3.05) is 33.2 Å². The minimum atomic E-state index is -0.109. The second kappa shape index (κ2) is 10.5. The summed E-state index contributed by atoms with van der Waals surface area (Å²) >= 11 is 0. The summed E-state index contributed by atoms with van der Waals surface area (Å²) in [5, 5.41) is 9.32. The number of guanidine groups is 1. The van der Waals surface area contributed by atoms with Crippen molar-refractivity contribution < 1.29 is 9.59 Å². The lowest BCUT2D eigenvalue weighted by Gasteiger charge is -2.26. The Bertz CT molecular complexity index is 655. The Hall–Kier alpha value is -2.57. The largest absolute Gasteiger partial charge is 0.356 e. The highest BCUT2D eigenvalue weighted by molar-refractivity contribution is 5.97. The van der Waals surface area contributed by atoms with E-state index in [0.717, 1.165) is 24.5 Å². The van der Waals surface area contributed by atoms with Crippen LogP contribution >= 0.6 is 0 Å². The number of benzene rings is 1. The Morgan fingerprint density at radius 3 is 2.63 bits per heavy atom. The number of hydrogen-bond donors (Lipinski definition) is 3. The zero-order valence-corrected chi connectivity index (χ0v) is 16.5. The van der Waals surface area contributed by atoms with Gasteiger partial charge in [-0.3, -0.25) is 14.6 Å². The molecule has 0 unspecified atom stereocenters. The summed E-state index contributed by atoms with van der Waals surface area (Å²) in [6, 6.07) is 7.47. The maximum atomic E-state index is 12.5. The molecule has 1 aromatic rings. The van der Waals surface area contributed by atoms with Crippen molar-refractivity contribution in [1.29, 1.82) is 0 Å². The standard InChI is InChI=1S/C20H31N5O2/c1-15(2)5-4-10-23-20(21-3)24-13-16-6-8-17(9-7-16)19(27)25-12-11-22-18(26)14-25/h6-9,15H,4-5,10-14H2,1-3H3,(H,22,26)(H2,21,23,24). The van der Waals surface area contributed by atoms with Gasteiger partial charge in [-0.25, -0.2) is 0 Å². The van der Waals surface area contributed by atoms with E-state index in [1.54, 1.807) is 11.9 Å². The van der Waals surface area contributed by atoms with E-state index in [1.165, 1.54) is 6.42 Å². The Balaban J connectivity index is 1.80. The fourth-order valence-electron chi connectivity index (χ4n) is 2.88. The molecule has 27 heavy (non-hydrogen) atoms. The maximum Gasteiger partial charge on any atom is 0.254 e. The summed E-state index contributed by atoms with van der Waals surface area (Å²) in [6.07, 6.45) is 2.31. The van der Waals surface area contributed by atoms with Gasteiger partial charge in [0.2, 0.25) is 5.91 Å². The van der Waals surface area contributed by atoms with E-state index in [9.17, 15) is 9.59 Å². The van der Waals surface area contributed by atoms with Crippen LogP contribution in [0.1, 0.15) is 42.6 Å². The summed E-state index contributed by atoms with van der Waals surface area (Å²) in [4.78, 5) is 29.7. The first-order valence-corrected chi connectivity index (χ1v) is 9.59. The van der Waals surface area contributed by atoms with Gasteiger partial charge < -0.3 is 20.9 Å². The number of carbonyl (C=O) groups is 2. The van der Waals surface area contributed by atoms with Crippen LogP contribution in [0.25, 0.3) is 0 Å². The van der Waals surface area contributed by atoms with Crippen molar-refractivity contribution in [2.24, 2.45) is 10.9 Å². The van der Waals surface area contributed by atoms with E-state index in [2.05, 4.69) is 34.8 Å². The quantitative estimate of drug-likeness (QED) is 0.383. The van der Waals surface area contributed by atoms with E-state index in [1.807, 2.05) is 24.3 Å². The molecular weight excluding hydrogens is 342 g/mol. The highest BCUT2D eigenvalue weighted by atomic mass is 16.2. The molecule has 1 aliphatic rings. The predicted octanol–water partition coefficient (Wildman–Crippen LogP) is 1.36.